The quantitative estimate of drug-likeness (QED) is 0.473. The molecule has 0 bridgehead atoms. The first kappa shape index (κ1) is 13.3. The predicted molar refractivity (Wildman–Crippen MR) is 70.9 cm³/mol. The van der Waals surface area contributed by atoms with E-state index in [2.05, 4.69) is 10.2 Å². The normalized spacial score (nSPS) is 19.3. The van der Waals surface area contributed by atoms with Crippen LogP contribution in [-0.2, 0) is 0 Å². The molecule has 0 aromatic heterocycles. The molecule has 102 valence electrons. The maximum atomic E-state index is 12.1. The summed E-state index contributed by atoms with van der Waals surface area (Å²) in [4.78, 5) is 24.5. The Morgan fingerprint density at radius 2 is 2.32 bits per heavy atom. The van der Waals surface area contributed by atoms with E-state index in [0.29, 0.717) is 5.69 Å². The van der Waals surface area contributed by atoms with Gasteiger partial charge in [0.15, 0.2) is 0 Å². The standard InChI is InChI=1S/C12H16N4O3/c1-15-5-4-9(7-15)14-12(17)10-6-8(13)2-3-11(10)16(18)19/h2-3,6,9H,4-5,7,13H2,1H3,(H,14,17). The molecular formula is C12H16N4O3. The van der Waals surface area contributed by atoms with E-state index in [1.807, 2.05) is 7.05 Å². The second-order valence-electron chi connectivity index (χ2n) is 4.75. The van der Waals surface area contributed by atoms with Crippen LogP contribution in [0.1, 0.15) is 16.8 Å². The van der Waals surface area contributed by atoms with Crippen LogP contribution >= 0.6 is 0 Å². The van der Waals surface area contributed by atoms with Crippen molar-refractivity contribution < 1.29 is 9.72 Å². The maximum Gasteiger partial charge on any atom is 0.282 e. The number of hydrogen-bond donors (Lipinski definition) is 2. The van der Waals surface area contributed by atoms with Crippen molar-refractivity contribution in [1.82, 2.24) is 10.2 Å². The molecule has 1 unspecified atom stereocenters. The van der Waals surface area contributed by atoms with Gasteiger partial charge in [-0.25, -0.2) is 0 Å². The lowest BCUT2D eigenvalue weighted by atomic mass is 10.1. The van der Waals surface area contributed by atoms with Crippen LogP contribution in [0.15, 0.2) is 18.2 Å². The number of carbonyl (C=O) groups is 1. The van der Waals surface area contributed by atoms with Gasteiger partial charge in [-0.05, 0) is 32.1 Å². The van der Waals surface area contributed by atoms with Crippen molar-refractivity contribution in [1.29, 1.82) is 0 Å². The van der Waals surface area contributed by atoms with Crippen molar-refractivity contribution in [3.05, 3.63) is 33.9 Å². The van der Waals surface area contributed by atoms with Gasteiger partial charge in [0.05, 0.1) is 4.92 Å². The summed E-state index contributed by atoms with van der Waals surface area (Å²) in [5.74, 6) is -0.445. The number of hydrogen-bond acceptors (Lipinski definition) is 5. The molecule has 1 heterocycles. The second kappa shape index (κ2) is 5.23. The van der Waals surface area contributed by atoms with Gasteiger partial charge < -0.3 is 16.0 Å². The molecule has 0 aliphatic carbocycles. The third kappa shape index (κ3) is 3.00. The van der Waals surface area contributed by atoms with Crippen molar-refractivity contribution in [2.75, 3.05) is 25.9 Å². The molecule has 19 heavy (non-hydrogen) atoms. The van der Waals surface area contributed by atoms with Crippen LogP contribution in [-0.4, -0.2) is 41.9 Å². The first-order valence-electron chi connectivity index (χ1n) is 6.00. The van der Waals surface area contributed by atoms with Crippen LogP contribution in [0.2, 0.25) is 0 Å². The summed E-state index contributed by atoms with van der Waals surface area (Å²) in [6.45, 7) is 1.66. The number of likely N-dealkylation sites (tertiary alicyclic amines) is 1. The van der Waals surface area contributed by atoms with E-state index in [1.54, 1.807) is 0 Å². The highest BCUT2D eigenvalue weighted by Gasteiger charge is 2.25. The Bertz CT molecular complexity index is 518. The molecule has 0 spiro atoms. The van der Waals surface area contributed by atoms with E-state index in [-0.39, 0.29) is 17.3 Å². The Balaban J connectivity index is 2.18. The number of nitrogen functional groups attached to an aromatic ring is 1. The van der Waals surface area contributed by atoms with Crippen molar-refractivity contribution in [2.45, 2.75) is 12.5 Å². The summed E-state index contributed by atoms with van der Waals surface area (Å²) in [7, 11) is 1.97. The van der Waals surface area contributed by atoms with E-state index in [9.17, 15) is 14.9 Å². The first-order valence-corrected chi connectivity index (χ1v) is 6.00. The zero-order valence-corrected chi connectivity index (χ0v) is 10.6. The Morgan fingerprint density at radius 3 is 2.89 bits per heavy atom. The van der Waals surface area contributed by atoms with E-state index in [1.165, 1.54) is 18.2 Å². The first-order chi connectivity index (χ1) is 8.97. The number of likely N-dealkylation sites (N-methyl/N-ethyl adjacent to an activating group) is 1. The number of amides is 1. The van der Waals surface area contributed by atoms with E-state index < -0.39 is 10.8 Å². The molecule has 0 saturated carbocycles. The molecule has 1 atom stereocenters. The number of nitrogens with one attached hydrogen (secondary N) is 1. The van der Waals surface area contributed by atoms with Gasteiger partial charge in [0.1, 0.15) is 5.56 Å². The van der Waals surface area contributed by atoms with E-state index in [4.69, 9.17) is 5.73 Å². The van der Waals surface area contributed by atoms with Gasteiger partial charge in [-0.1, -0.05) is 0 Å². The lowest BCUT2D eigenvalue weighted by Gasteiger charge is -2.13. The van der Waals surface area contributed by atoms with Crippen LogP contribution in [0.3, 0.4) is 0 Å². The molecule has 1 aromatic rings. The fraction of sp³-hybridized carbons (Fsp3) is 0.417. The lowest BCUT2D eigenvalue weighted by molar-refractivity contribution is -0.385. The highest BCUT2D eigenvalue weighted by atomic mass is 16.6. The molecule has 7 nitrogen and oxygen atoms in total. The number of nitrogens with zero attached hydrogens (tertiary/aromatic N) is 2. The zero-order valence-electron chi connectivity index (χ0n) is 10.6. The summed E-state index contributed by atoms with van der Waals surface area (Å²) in [5.41, 5.74) is 5.71. The Morgan fingerprint density at radius 1 is 1.58 bits per heavy atom. The molecule has 2 rings (SSSR count). The minimum Gasteiger partial charge on any atom is -0.399 e. The van der Waals surface area contributed by atoms with Crippen LogP contribution < -0.4 is 11.1 Å². The Kier molecular flexibility index (Phi) is 3.66. The summed E-state index contributed by atoms with van der Waals surface area (Å²) in [5, 5.41) is 13.7. The van der Waals surface area contributed by atoms with Crippen molar-refractivity contribution >= 4 is 17.3 Å². The molecule has 1 aliphatic heterocycles. The minimum absolute atomic E-state index is 0.0135. The fourth-order valence-corrected chi connectivity index (χ4v) is 2.21. The molecular weight excluding hydrogens is 248 g/mol. The highest BCUT2D eigenvalue weighted by Crippen LogP contribution is 2.21. The van der Waals surface area contributed by atoms with Crippen LogP contribution in [0.5, 0.6) is 0 Å². The van der Waals surface area contributed by atoms with Crippen LogP contribution in [0.4, 0.5) is 11.4 Å². The number of rotatable bonds is 3. The second-order valence-corrected chi connectivity index (χ2v) is 4.75. The van der Waals surface area contributed by atoms with Crippen molar-refractivity contribution in [3.8, 4) is 0 Å². The summed E-state index contributed by atoms with van der Waals surface area (Å²) in [6.07, 6.45) is 0.846. The number of benzene rings is 1. The number of nitro groups is 1. The third-order valence-corrected chi connectivity index (χ3v) is 3.19. The van der Waals surface area contributed by atoms with Gasteiger partial charge in [-0.3, -0.25) is 14.9 Å². The molecule has 0 radical (unpaired) electrons. The third-order valence-electron chi connectivity index (χ3n) is 3.19. The van der Waals surface area contributed by atoms with Gasteiger partial charge in [0.2, 0.25) is 0 Å². The fourth-order valence-electron chi connectivity index (χ4n) is 2.21. The molecule has 1 aliphatic rings. The predicted octanol–water partition coefficient (Wildman–Crippen LogP) is 0.611. The molecule has 1 fully saturated rings. The SMILES string of the molecule is CN1CCC(NC(=O)c2cc(N)ccc2[N+](=O)[O-])C1. The van der Waals surface area contributed by atoms with Gasteiger partial charge in [-0.2, -0.15) is 0 Å². The molecule has 3 N–H and O–H groups in total. The number of anilines is 1. The zero-order chi connectivity index (χ0) is 14.0. The van der Waals surface area contributed by atoms with Crippen molar-refractivity contribution in [2.24, 2.45) is 0 Å². The molecule has 1 aromatic carbocycles. The van der Waals surface area contributed by atoms with Crippen molar-refractivity contribution in [3.63, 3.8) is 0 Å². The Labute approximate surface area is 110 Å². The van der Waals surface area contributed by atoms with Gasteiger partial charge in [-0.15, -0.1) is 0 Å². The summed E-state index contributed by atoms with van der Waals surface area (Å²) in [6, 6.07) is 4.04. The highest BCUT2D eigenvalue weighted by molar-refractivity contribution is 5.99. The van der Waals surface area contributed by atoms with Gasteiger partial charge >= 0.3 is 0 Å². The van der Waals surface area contributed by atoms with Crippen LogP contribution in [0.25, 0.3) is 0 Å². The van der Waals surface area contributed by atoms with E-state index >= 15 is 0 Å². The molecule has 7 heteroatoms. The Hall–Kier alpha value is -2.15. The minimum atomic E-state index is -0.574. The summed E-state index contributed by atoms with van der Waals surface area (Å²) >= 11 is 0. The van der Waals surface area contributed by atoms with Gasteiger partial charge in [0, 0.05) is 24.3 Å². The largest absolute Gasteiger partial charge is 0.399 e. The molecule has 1 saturated heterocycles. The topological polar surface area (TPSA) is 102 Å². The maximum absolute atomic E-state index is 12.1. The summed E-state index contributed by atoms with van der Waals surface area (Å²) < 4.78 is 0. The smallest absolute Gasteiger partial charge is 0.282 e. The molecule has 1 amide bonds. The number of nitrogens with two attached hydrogens (primary N) is 1. The van der Waals surface area contributed by atoms with Crippen LogP contribution in [0, 0.1) is 10.1 Å². The average Bonchev–Trinajstić information content (AvgIpc) is 2.74. The van der Waals surface area contributed by atoms with Gasteiger partial charge in [0.25, 0.3) is 11.6 Å². The number of nitro benzene ring substituents is 1. The van der Waals surface area contributed by atoms with E-state index in [0.717, 1.165) is 19.5 Å². The lowest BCUT2D eigenvalue weighted by Crippen LogP contribution is -2.36. The number of carbonyl (C=O) groups excluding carboxylic acids is 1. The monoisotopic (exact) mass is 264 g/mol. The average molecular weight is 264 g/mol.